The summed E-state index contributed by atoms with van der Waals surface area (Å²) in [6.45, 7) is 2.00. The van der Waals surface area contributed by atoms with Crippen LogP contribution >= 0.6 is 11.3 Å². The molecule has 0 unspecified atom stereocenters. The van der Waals surface area contributed by atoms with Gasteiger partial charge in [0.2, 0.25) is 0 Å². The van der Waals surface area contributed by atoms with Gasteiger partial charge in [0.25, 0.3) is 0 Å². The van der Waals surface area contributed by atoms with Crippen molar-refractivity contribution in [2.24, 2.45) is 0 Å². The van der Waals surface area contributed by atoms with Crippen LogP contribution in [0.3, 0.4) is 0 Å². The monoisotopic (exact) mass is 255 g/mol. The third-order valence-electron chi connectivity index (χ3n) is 3.55. The average Bonchev–Trinajstić information content (AvgIpc) is 3.05. The Morgan fingerprint density at radius 3 is 3.17 bits per heavy atom. The quantitative estimate of drug-likeness (QED) is 0.702. The Balaban J connectivity index is 1.94. The SMILES string of the molecule is c1cc(-c2cnc3[nH]c4c(c3c2)CNCC4)cs1. The molecule has 0 radical (unpaired) electrons. The maximum atomic E-state index is 4.56. The van der Waals surface area contributed by atoms with E-state index in [-0.39, 0.29) is 0 Å². The van der Waals surface area contributed by atoms with Gasteiger partial charge in [-0.05, 0) is 34.0 Å². The Bertz CT molecular complexity index is 697. The largest absolute Gasteiger partial charge is 0.343 e. The molecule has 0 atom stereocenters. The maximum absolute atomic E-state index is 4.56. The molecule has 0 saturated heterocycles. The van der Waals surface area contributed by atoms with E-state index in [1.165, 1.54) is 27.8 Å². The summed E-state index contributed by atoms with van der Waals surface area (Å²) < 4.78 is 0. The predicted molar refractivity (Wildman–Crippen MR) is 74.8 cm³/mol. The third-order valence-corrected chi connectivity index (χ3v) is 4.24. The van der Waals surface area contributed by atoms with E-state index >= 15 is 0 Å². The van der Waals surface area contributed by atoms with E-state index in [1.807, 2.05) is 6.20 Å². The second-order valence-corrected chi connectivity index (χ2v) is 5.42. The van der Waals surface area contributed by atoms with Gasteiger partial charge in [-0.1, -0.05) is 0 Å². The van der Waals surface area contributed by atoms with E-state index in [1.54, 1.807) is 11.3 Å². The van der Waals surface area contributed by atoms with Gasteiger partial charge >= 0.3 is 0 Å². The number of thiophene rings is 1. The van der Waals surface area contributed by atoms with Gasteiger partial charge in [-0.25, -0.2) is 4.98 Å². The minimum atomic E-state index is 0.949. The van der Waals surface area contributed by atoms with Crippen LogP contribution in [0.1, 0.15) is 11.3 Å². The lowest BCUT2D eigenvalue weighted by Crippen LogP contribution is -2.22. The lowest BCUT2D eigenvalue weighted by Gasteiger charge is -2.12. The van der Waals surface area contributed by atoms with Crippen molar-refractivity contribution in [1.29, 1.82) is 0 Å². The fourth-order valence-corrected chi connectivity index (χ4v) is 3.27. The summed E-state index contributed by atoms with van der Waals surface area (Å²) in [6.07, 6.45) is 3.03. The van der Waals surface area contributed by atoms with Crippen LogP contribution in [-0.2, 0) is 13.0 Å². The topological polar surface area (TPSA) is 40.7 Å². The molecule has 0 saturated carbocycles. The Morgan fingerprint density at radius 2 is 2.28 bits per heavy atom. The molecule has 4 heterocycles. The smallest absolute Gasteiger partial charge is 0.137 e. The molecule has 0 aliphatic carbocycles. The Labute approximate surface area is 109 Å². The standard InChI is InChI=1S/C14H13N3S/c1-3-15-7-12-11-5-10(9-2-4-18-8-9)6-16-14(11)17-13(1)12/h2,4-6,8,15H,1,3,7H2,(H,16,17). The molecule has 0 spiro atoms. The number of fused-ring (bicyclic) bond motifs is 3. The van der Waals surface area contributed by atoms with E-state index < -0.39 is 0 Å². The van der Waals surface area contributed by atoms with Gasteiger partial charge in [-0.15, -0.1) is 0 Å². The van der Waals surface area contributed by atoms with Crippen LogP contribution in [0.25, 0.3) is 22.2 Å². The maximum Gasteiger partial charge on any atom is 0.137 e. The van der Waals surface area contributed by atoms with Crippen molar-refractivity contribution in [3.05, 3.63) is 40.3 Å². The van der Waals surface area contributed by atoms with Gasteiger partial charge in [0.05, 0.1) is 0 Å². The molecule has 1 aliphatic heterocycles. The third kappa shape index (κ3) is 1.50. The van der Waals surface area contributed by atoms with Crippen molar-refractivity contribution in [2.45, 2.75) is 13.0 Å². The van der Waals surface area contributed by atoms with Crippen LogP contribution in [0.4, 0.5) is 0 Å². The zero-order valence-electron chi connectivity index (χ0n) is 9.86. The van der Waals surface area contributed by atoms with Crippen molar-refractivity contribution < 1.29 is 0 Å². The number of nitrogens with one attached hydrogen (secondary N) is 2. The number of aromatic nitrogens is 2. The van der Waals surface area contributed by atoms with Gasteiger partial charge in [0.1, 0.15) is 5.65 Å². The molecular weight excluding hydrogens is 242 g/mol. The number of nitrogens with zero attached hydrogens (tertiary/aromatic N) is 1. The molecule has 4 heteroatoms. The summed E-state index contributed by atoms with van der Waals surface area (Å²) in [7, 11) is 0. The summed E-state index contributed by atoms with van der Waals surface area (Å²) in [6, 6.07) is 4.40. The highest BCUT2D eigenvalue weighted by Crippen LogP contribution is 2.29. The number of pyridine rings is 1. The summed E-state index contributed by atoms with van der Waals surface area (Å²) >= 11 is 1.72. The van der Waals surface area contributed by atoms with Crippen LogP contribution in [0.2, 0.25) is 0 Å². The lowest BCUT2D eigenvalue weighted by molar-refractivity contribution is 0.640. The average molecular weight is 255 g/mol. The van der Waals surface area contributed by atoms with Gasteiger partial charge in [-0.3, -0.25) is 0 Å². The fraction of sp³-hybridized carbons (Fsp3) is 0.214. The molecule has 3 nitrogen and oxygen atoms in total. The van der Waals surface area contributed by atoms with Crippen molar-refractivity contribution in [1.82, 2.24) is 15.3 Å². The second-order valence-electron chi connectivity index (χ2n) is 4.64. The molecule has 0 aromatic carbocycles. The van der Waals surface area contributed by atoms with E-state index in [4.69, 9.17) is 0 Å². The lowest BCUT2D eigenvalue weighted by atomic mass is 10.0. The molecule has 3 aromatic rings. The van der Waals surface area contributed by atoms with E-state index in [2.05, 4.69) is 38.2 Å². The van der Waals surface area contributed by atoms with E-state index in [0.717, 1.165) is 25.2 Å². The molecule has 18 heavy (non-hydrogen) atoms. The van der Waals surface area contributed by atoms with Crippen molar-refractivity contribution in [3.63, 3.8) is 0 Å². The normalized spacial score (nSPS) is 14.9. The van der Waals surface area contributed by atoms with E-state index in [0.29, 0.717) is 0 Å². The Morgan fingerprint density at radius 1 is 1.28 bits per heavy atom. The highest BCUT2D eigenvalue weighted by atomic mass is 32.1. The number of hydrogen-bond acceptors (Lipinski definition) is 3. The van der Waals surface area contributed by atoms with Gasteiger partial charge < -0.3 is 10.3 Å². The van der Waals surface area contributed by atoms with Crippen LogP contribution in [-0.4, -0.2) is 16.5 Å². The van der Waals surface area contributed by atoms with Crippen LogP contribution in [0, 0.1) is 0 Å². The van der Waals surface area contributed by atoms with Crippen molar-refractivity contribution >= 4 is 22.4 Å². The number of rotatable bonds is 1. The highest BCUT2D eigenvalue weighted by Gasteiger charge is 2.16. The fourth-order valence-electron chi connectivity index (χ4n) is 2.60. The molecule has 4 rings (SSSR count). The molecule has 1 aliphatic rings. The van der Waals surface area contributed by atoms with E-state index in [9.17, 15) is 0 Å². The summed E-state index contributed by atoms with van der Waals surface area (Å²) in [4.78, 5) is 8.00. The first-order valence-corrected chi connectivity index (χ1v) is 7.09. The molecule has 0 amide bonds. The Hall–Kier alpha value is -1.65. The van der Waals surface area contributed by atoms with Crippen LogP contribution in [0.5, 0.6) is 0 Å². The van der Waals surface area contributed by atoms with Gasteiger partial charge in [0, 0.05) is 42.4 Å². The van der Waals surface area contributed by atoms with Gasteiger partial charge in [0.15, 0.2) is 0 Å². The Kier molecular flexibility index (Phi) is 2.25. The highest BCUT2D eigenvalue weighted by molar-refractivity contribution is 7.08. The second kappa shape index (κ2) is 3.93. The summed E-state index contributed by atoms with van der Waals surface area (Å²) in [5.41, 5.74) is 6.21. The summed E-state index contributed by atoms with van der Waals surface area (Å²) in [5, 5.41) is 8.96. The molecule has 90 valence electrons. The minimum absolute atomic E-state index is 0.949. The molecular formula is C14H13N3S. The molecule has 0 fully saturated rings. The van der Waals surface area contributed by atoms with Crippen LogP contribution in [0.15, 0.2) is 29.1 Å². The zero-order valence-corrected chi connectivity index (χ0v) is 10.7. The first kappa shape index (κ1) is 10.3. The van der Waals surface area contributed by atoms with Crippen molar-refractivity contribution in [3.8, 4) is 11.1 Å². The first-order chi connectivity index (χ1) is 8.92. The number of H-pyrrole nitrogens is 1. The number of aromatic amines is 1. The van der Waals surface area contributed by atoms with Crippen molar-refractivity contribution in [2.75, 3.05) is 6.54 Å². The van der Waals surface area contributed by atoms with Gasteiger partial charge in [-0.2, -0.15) is 11.3 Å². The zero-order chi connectivity index (χ0) is 11.9. The molecule has 2 N–H and O–H groups in total. The number of hydrogen-bond donors (Lipinski definition) is 2. The molecule has 3 aromatic heterocycles. The molecule has 0 bridgehead atoms. The predicted octanol–water partition coefficient (Wildman–Crippen LogP) is 2.94. The minimum Gasteiger partial charge on any atom is -0.343 e. The summed E-state index contributed by atoms with van der Waals surface area (Å²) in [5.74, 6) is 0. The first-order valence-electron chi connectivity index (χ1n) is 6.14. The van der Waals surface area contributed by atoms with Crippen LogP contribution < -0.4 is 5.32 Å².